The van der Waals surface area contributed by atoms with Gasteiger partial charge in [-0.15, -0.1) is 0 Å². The molecule has 0 spiro atoms. The van der Waals surface area contributed by atoms with Gasteiger partial charge >= 0.3 is 0 Å². The SMILES string of the molecule is CC(C)CN(CCC(=N)N)S(=O)(=O)C(C)(C)C. The van der Waals surface area contributed by atoms with Crippen molar-refractivity contribution in [3.05, 3.63) is 0 Å². The minimum absolute atomic E-state index is 0.0165. The summed E-state index contributed by atoms with van der Waals surface area (Å²) in [6.45, 7) is 9.74. The standard InChI is InChI=1S/C11H25N3O2S/c1-9(2)8-14(7-6-10(12)13)17(15,16)11(3,4)5/h9H,6-8H2,1-5H3,(H3,12,13). The molecule has 0 aliphatic rings. The van der Waals surface area contributed by atoms with Crippen LogP contribution in [0.3, 0.4) is 0 Å². The molecular weight excluding hydrogens is 238 g/mol. The van der Waals surface area contributed by atoms with Crippen LogP contribution in [0.4, 0.5) is 0 Å². The van der Waals surface area contributed by atoms with Crippen LogP contribution in [0.1, 0.15) is 41.0 Å². The Morgan fingerprint density at radius 3 is 2.12 bits per heavy atom. The molecule has 0 saturated heterocycles. The molecule has 6 heteroatoms. The van der Waals surface area contributed by atoms with Gasteiger partial charge in [-0.05, 0) is 26.7 Å². The Hall–Kier alpha value is -0.620. The molecule has 0 aromatic carbocycles. The summed E-state index contributed by atoms with van der Waals surface area (Å²) in [6, 6.07) is 0. The average Bonchev–Trinajstić information content (AvgIpc) is 2.09. The van der Waals surface area contributed by atoms with E-state index in [0.717, 1.165) is 0 Å². The highest BCUT2D eigenvalue weighted by atomic mass is 32.2. The van der Waals surface area contributed by atoms with Crippen molar-refractivity contribution in [1.82, 2.24) is 4.31 Å². The Labute approximate surface area is 105 Å². The lowest BCUT2D eigenvalue weighted by molar-refractivity contribution is 0.362. The maximum Gasteiger partial charge on any atom is 0.219 e. The Balaban J connectivity index is 4.98. The van der Waals surface area contributed by atoms with E-state index in [2.05, 4.69) is 0 Å². The van der Waals surface area contributed by atoms with Gasteiger partial charge < -0.3 is 5.73 Å². The number of amidine groups is 1. The van der Waals surface area contributed by atoms with Crippen LogP contribution in [0, 0.1) is 11.3 Å². The molecule has 0 aliphatic carbocycles. The van der Waals surface area contributed by atoms with E-state index in [9.17, 15) is 8.42 Å². The van der Waals surface area contributed by atoms with Crippen molar-refractivity contribution in [2.75, 3.05) is 13.1 Å². The van der Waals surface area contributed by atoms with Crippen molar-refractivity contribution >= 4 is 15.9 Å². The fraction of sp³-hybridized carbons (Fsp3) is 0.909. The highest BCUT2D eigenvalue weighted by molar-refractivity contribution is 7.90. The third-order valence-electron chi connectivity index (χ3n) is 2.31. The van der Waals surface area contributed by atoms with Gasteiger partial charge in [0.15, 0.2) is 0 Å². The molecule has 0 amide bonds. The number of nitrogens with zero attached hydrogens (tertiary/aromatic N) is 1. The van der Waals surface area contributed by atoms with Crippen LogP contribution in [0.5, 0.6) is 0 Å². The monoisotopic (exact) mass is 263 g/mol. The van der Waals surface area contributed by atoms with E-state index in [4.69, 9.17) is 11.1 Å². The zero-order valence-corrected chi connectivity index (χ0v) is 12.3. The number of hydrogen-bond donors (Lipinski definition) is 2. The predicted octanol–water partition coefficient (Wildman–Crippen LogP) is 1.40. The van der Waals surface area contributed by atoms with Gasteiger partial charge in [0.1, 0.15) is 0 Å². The van der Waals surface area contributed by atoms with Gasteiger partial charge in [-0.1, -0.05) is 13.8 Å². The zero-order valence-electron chi connectivity index (χ0n) is 11.4. The molecule has 0 saturated carbocycles. The lowest BCUT2D eigenvalue weighted by Gasteiger charge is -2.31. The van der Waals surface area contributed by atoms with Crippen molar-refractivity contribution < 1.29 is 8.42 Å². The van der Waals surface area contributed by atoms with E-state index in [-0.39, 0.29) is 24.7 Å². The minimum Gasteiger partial charge on any atom is -0.388 e. The number of nitrogens with one attached hydrogen (secondary N) is 1. The van der Waals surface area contributed by atoms with Gasteiger partial charge in [-0.3, -0.25) is 5.41 Å². The molecule has 0 aromatic rings. The van der Waals surface area contributed by atoms with E-state index < -0.39 is 14.8 Å². The molecule has 3 N–H and O–H groups in total. The molecule has 102 valence electrons. The predicted molar refractivity (Wildman–Crippen MR) is 71.6 cm³/mol. The molecule has 0 bridgehead atoms. The van der Waals surface area contributed by atoms with Crippen LogP contribution in [0.25, 0.3) is 0 Å². The zero-order chi connectivity index (χ0) is 13.9. The quantitative estimate of drug-likeness (QED) is 0.561. The molecule has 0 rings (SSSR count). The largest absolute Gasteiger partial charge is 0.388 e. The van der Waals surface area contributed by atoms with Crippen LogP contribution in [0.2, 0.25) is 0 Å². The van der Waals surface area contributed by atoms with Crippen LogP contribution < -0.4 is 5.73 Å². The molecule has 0 fully saturated rings. The van der Waals surface area contributed by atoms with Crippen LogP contribution >= 0.6 is 0 Å². The molecular formula is C11H25N3O2S. The summed E-state index contributed by atoms with van der Waals surface area (Å²) >= 11 is 0. The fourth-order valence-corrected chi connectivity index (χ4v) is 2.95. The molecule has 0 atom stereocenters. The van der Waals surface area contributed by atoms with Crippen molar-refractivity contribution in [2.45, 2.75) is 45.8 Å². The van der Waals surface area contributed by atoms with Crippen LogP contribution in [0.15, 0.2) is 0 Å². The van der Waals surface area contributed by atoms with Crippen molar-refractivity contribution in [3.63, 3.8) is 0 Å². The van der Waals surface area contributed by atoms with Gasteiger partial charge in [0.2, 0.25) is 10.0 Å². The Morgan fingerprint density at radius 1 is 1.35 bits per heavy atom. The number of nitrogens with two attached hydrogens (primary N) is 1. The molecule has 0 aliphatic heterocycles. The van der Waals surface area contributed by atoms with E-state index >= 15 is 0 Å². The lowest BCUT2D eigenvalue weighted by atomic mass is 10.2. The smallest absolute Gasteiger partial charge is 0.219 e. The average molecular weight is 263 g/mol. The number of hydrogen-bond acceptors (Lipinski definition) is 3. The Kier molecular flexibility index (Phi) is 5.61. The van der Waals surface area contributed by atoms with Crippen molar-refractivity contribution in [3.8, 4) is 0 Å². The first-order chi connectivity index (χ1) is 7.48. The lowest BCUT2D eigenvalue weighted by Crippen LogP contribution is -2.45. The third kappa shape index (κ3) is 5.04. The summed E-state index contributed by atoms with van der Waals surface area (Å²) in [4.78, 5) is 0. The van der Waals surface area contributed by atoms with Crippen LogP contribution in [-0.2, 0) is 10.0 Å². The maximum atomic E-state index is 12.3. The first-order valence-corrected chi connectivity index (χ1v) is 7.25. The van der Waals surface area contributed by atoms with Crippen LogP contribution in [-0.4, -0.2) is 36.4 Å². The molecule has 0 unspecified atom stereocenters. The number of rotatable bonds is 6. The van der Waals surface area contributed by atoms with E-state index in [1.54, 1.807) is 20.8 Å². The third-order valence-corrected chi connectivity index (χ3v) is 4.87. The second-order valence-electron chi connectivity index (χ2n) is 5.64. The fourth-order valence-electron chi connectivity index (χ4n) is 1.35. The summed E-state index contributed by atoms with van der Waals surface area (Å²) in [5, 5.41) is 7.19. The Bertz CT molecular complexity index is 355. The summed E-state index contributed by atoms with van der Waals surface area (Å²) in [6.07, 6.45) is 0.280. The molecule has 0 radical (unpaired) electrons. The summed E-state index contributed by atoms with van der Waals surface area (Å²) < 4.78 is 25.3. The van der Waals surface area contributed by atoms with Gasteiger partial charge in [0.25, 0.3) is 0 Å². The van der Waals surface area contributed by atoms with Gasteiger partial charge in [0.05, 0.1) is 10.6 Å². The normalized spacial score (nSPS) is 13.4. The molecule has 0 heterocycles. The van der Waals surface area contributed by atoms with Crippen molar-refractivity contribution in [2.24, 2.45) is 11.7 Å². The van der Waals surface area contributed by atoms with E-state index in [1.165, 1.54) is 4.31 Å². The Morgan fingerprint density at radius 2 is 1.82 bits per heavy atom. The highest BCUT2D eigenvalue weighted by Crippen LogP contribution is 2.21. The van der Waals surface area contributed by atoms with Crippen molar-refractivity contribution in [1.29, 1.82) is 5.41 Å². The van der Waals surface area contributed by atoms with E-state index in [1.807, 2.05) is 13.8 Å². The minimum atomic E-state index is -3.35. The summed E-state index contributed by atoms with van der Waals surface area (Å²) in [5.74, 6) is 0.266. The first kappa shape index (κ1) is 16.4. The van der Waals surface area contributed by atoms with Gasteiger partial charge in [-0.25, -0.2) is 12.7 Å². The topological polar surface area (TPSA) is 87.2 Å². The maximum absolute atomic E-state index is 12.3. The number of sulfonamides is 1. The molecule has 0 aromatic heterocycles. The second kappa shape index (κ2) is 5.82. The molecule has 17 heavy (non-hydrogen) atoms. The van der Waals surface area contributed by atoms with E-state index in [0.29, 0.717) is 6.54 Å². The molecule has 5 nitrogen and oxygen atoms in total. The van der Waals surface area contributed by atoms with Gasteiger partial charge in [0, 0.05) is 19.5 Å². The first-order valence-electron chi connectivity index (χ1n) is 5.81. The highest BCUT2D eigenvalue weighted by Gasteiger charge is 2.35. The van der Waals surface area contributed by atoms with Gasteiger partial charge in [-0.2, -0.15) is 0 Å². The summed E-state index contributed by atoms with van der Waals surface area (Å²) in [5.41, 5.74) is 5.29. The summed E-state index contributed by atoms with van der Waals surface area (Å²) in [7, 11) is -3.35. The second-order valence-corrected chi connectivity index (χ2v) is 8.34.